The zero-order valence-corrected chi connectivity index (χ0v) is 7.46. The molecule has 4 nitrogen and oxygen atoms in total. The second-order valence-corrected chi connectivity index (χ2v) is 3.08. The molecule has 0 radical (unpaired) electrons. The number of hydrogen-bond donors (Lipinski definition) is 3. The second-order valence-electron chi connectivity index (χ2n) is 3.08. The molecule has 1 aliphatic carbocycles. The van der Waals surface area contributed by atoms with E-state index in [-0.39, 0.29) is 24.4 Å². The molecular weight excluding hydrogens is 182 g/mol. The van der Waals surface area contributed by atoms with Gasteiger partial charge in [0.05, 0.1) is 12.0 Å². The zero-order valence-electron chi connectivity index (χ0n) is 6.64. The molecule has 0 amide bonds. The largest absolute Gasteiger partial charge is 0.481 e. The molecule has 1 fully saturated rings. The molecule has 5 heteroatoms. The summed E-state index contributed by atoms with van der Waals surface area (Å²) in [6, 6.07) is -0.357. The zero-order chi connectivity index (χ0) is 8.43. The Morgan fingerprint density at radius 2 is 2.00 bits per heavy atom. The molecule has 3 atom stereocenters. The van der Waals surface area contributed by atoms with Crippen LogP contribution in [-0.2, 0) is 4.79 Å². The number of carboxylic acid groups (broad SMARTS) is 1. The van der Waals surface area contributed by atoms with E-state index in [0.29, 0.717) is 19.3 Å². The van der Waals surface area contributed by atoms with Crippen LogP contribution in [0.25, 0.3) is 0 Å². The van der Waals surface area contributed by atoms with Crippen molar-refractivity contribution >= 4 is 18.4 Å². The number of aliphatic hydroxyl groups is 1. The monoisotopic (exact) mass is 195 g/mol. The Morgan fingerprint density at radius 1 is 1.42 bits per heavy atom. The number of halogens is 1. The van der Waals surface area contributed by atoms with E-state index in [2.05, 4.69) is 0 Å². The maximum absolute atomic E-state index is 10.5. The molecule has 0 spiro atoms. The average molecular weight is 196 g/mol. The van der Waals surface area contributed by atoms with Crippen LogP contribution in [0.2, 0.25) is 0 Å². The summed E-state index contributed by atoms with van der Waals surface area (Å²) in [6.45, 7) is 0. The smallest absolute Gasteiger partial charge is 0.306 e. The van der Waals surface area contributed by atoms with Crippen molar-refractivity contribution in [1.82, 2.24) is 0 Å². The minimum absolute atomic E-state index is 0. The van der Waals surface area contributed by atoms with Gasteiger partial charge in [0.15, 0.2) is 0 Å². The molecular formula is C7H14ClNO3. The predicted octanol–water partition coefficient (Wildman–Crippen LogP) is -0.0189. The standard InChI is InChI=1S/C7H13NO3.ClH/c8-5-3-4(7(10)11)1-2-6(5)9;/h4-6,9H,1-3,8H2,(H,10,11);1H/t4-,5+,6+;/m1./s1. The second kappa shape index (κ2) is 4.64. The highest BCUT2D eigenvalue weighted by Crippen LogP contribution is 2.23. The number of carboxylic acids is 1. The number of nitrogens with two attached hydrogens (primary N) is 1. The van der Waals surface area contributed by atoms with Gasteiger partial charge in [-0.1, -0.05) is 0 Å². The highest BCUT2D eigenvalue weighted by Gasteiger charge is 2.30. The Labute approximate surface area is 77.2 Å². The van der Waals surface area contributed by atoms with Crippen LogP contribution in [0.4, 0.5) is 0 Å². The molecule has 0 aromatic rings. The van der Waals surface area contributed by atoms with Gasteiger partial charge >= 0.3 is 5.97 Å². The Kier molecular flexibility index (Phi) is 4.52. The molecule has 4 N–H and O–H groups in total. The molecule has 1 rings (SSSR count). The summed E-state index contributed by atoms with van der Waals surface area (Å²) in [6.07, 6.45) is 0.948. The van der Waals surface area contributed by atoms with Crippen LogP contribution in [0.5, 0.6) is 0 Å². The van der Waals surface area contributed by atoms with Gasteiger partial charge in [-0.15, -0.1) is 12.4 Å². The van der Waals surface area contributed by atoms with Gasteiger partial charge in [0.25, 0.3) is 0 Å². The van der Waals surface area contributed by atoms with Crippen molar-refractivity contribution in [2.45, 2.75) is 31.4 Å². The van der Waals surface area contributed by atoms with E-state index in [4.69, 9.17) is 15.9 Å². The number of hydrogen-bond acceptors (Lipinski definition) is 3. The number of rotatable bonds is 1. The van der Waals surface area contributed by atoms with Crippen molar-refractivity contribution < 1.29 is 15.0 Å². The summed E-state index contributed by atoms with van der Waals surface area (Å²) < 4.78 is 0. The molecule has 12 heavy (non-hydrogen) atoms. The minimum Gasteiger partial charge on any atom is -0.481 e. The maximum atomic E-state index is 10.5. The summed E-state index contributed by atoms with van der Waals surface area (Å²) in [7, 11) is 0. The lowest BCUT2D eigenvalue weighted by Gasteiger charge is -2.28. The lowest BCUT2D eigenvalue weighted by Crippen LogP contribution is -2.42. The topological polar surface area (TPSA) is 83.6 Å². The molecule has 0 aliphatic heterocycles. The van der Waals surface area contributed by atoms with Crippen LogP contribution in [-0.4, -0.2) is 28.3 Å². The van der Waals surface area contributed by atoms with E-state index in [0.717, 1.165) is 0 Å². The van der Waals surface area contributed by atoms with Crippen LogP contribution >= 0.6 is 12.4 Å². The molecule has 0 saturated heterocycles. The molecule has 0 aromatic carbocycles. The Balaban J connectivity index is 0.00000121. The van der Waals surface area contributed by atoms with Gasteiger partial charge < -0.3 is 15.9 Å². The van der Waals surface area contributed by atoms with Gasteiger partial charge in [-0.05, 0) is 19.3 Å². The van der Waals surface area contributed by atoms with Crippen molar-refractivity contribution in [3.05, 3.63) is 0 Å². The third-order valence-electron chi connectivity index (χ3n) is 2.21. The third-order valence-corrected chi connectivity index (χ3v) is 2.21. The summed E-state index contributed by atoms with van der Waals surface area (Å²) in [4.78, 5) is 10.5. The van der Waals surface area contributed by atoms with E-state index in [1.54, 1.807) is 0 Å². The van der Waals surface area contributed by atoms with E-state index in [1.165, 1.54) is 0 Å². The summed E-state index contributed by atoms with van der Waals surface area (Å²) in [5.74, 6) is -1.15. The highest BCUT2D eigenvalue weighted by atomic mass is 35.5. The fourth-order valence-electron chi connectivity index (χ4n) is 1.41. The number of aliphatic hydroxyl groups excluding tert-OH is 1. The van der Waals surface area contributed by atoms with Gasteiger partial charge in [0, 0.05) is 6.04 Å². The average Bonchev–Trinajstić information content (AvgIpc) is 1.94. The van der Waals surface area contributed by atoms with Crippen LogP contribution < -0.4 is 5.73 Å². The van der Waals surface area contributed by atoms with Gasteiger partial charge in [-0.3, -0.25) is 4.79 Å². The van der Waals surface area contributed by atoms with Crippen LogP contribution in [0.1, 0.15) is 19.3 Å². The normalized spacial score (nSPS) is 35.3. The van der Waals surface area contributed by atoms with Crippen molar-refractivity contribution in [1.29, 1.82) is 0 Å². The molecule has 0 bridgehead atoms. The van der Waals surface area contributed by atoms with E-state index in [1.807, 2.05) is 0 Å². The van der Waals surface area contributed by atoms with Crippen molar-refractivity contribution in [3.8, 4) is 0 Å². The lowest BCUT2D eigenvalue weighted by molar-refractivity contribution is -0.143. The third kappa shape index (κ3) is 2.62. The molecule has 1 aliphatic rings. The number of aliphatic carboxylic acids is 1. The first-order chi connectivity index (χ1) is 5.11. The maximum Gasteiger partial charge on any atom is 0.306 e. The van der Waals surface area contributed by atoms with Crippen LogP contribution in [0, 0.1) is 5.92 Å². The number of carbonyl (C=O) groups is 1. The summed E-state index contributed by atoms with van der Waals surface area (Å²) >= 11 is 0. The minimum atomic E-state index is -0.799. The molecule has 0 aromatic heterocycles. The first kappa shape index (κ1) is 11.7. The fourth-order valence-corrected chi connectivity index (χ4v) is 1.41. The van der Waals surface area contributed by atoms with Gasteiger partial charge in [0.2, 0.25) is 0 Å². The molecule has 0 unspecified atom stereocenters. The summed E-state index contributed by atoms with van der Waals surface area (Å²) in [5.41, 5.74) is 5.49. The van der Waals surface area contributed by atoms with Crippen molar-refractivity contribution in [2.75, 3.05) is 0 Å². The Morgan fingerprint density at radius 3 is 2.42 bits per heavy atom. The molecule has 72 valence electrons. The SMILES string of the molecule is Cl.N[C@H]1C[C@H](C(=O)O)CC[C@@H]1O. The van der Waals surface area contributed by atoms with Crippen LogP contribution in [0.3, 0.4) is 0 Å². The van der Waals surface area contributed by atoms with E-state index < -0.39 is 12.1 Å². The predicted molar refractivity (Wildman–Crippen MR) is 46.2 cm³/mol. The fraction of sp³-hybridized carbons (Fsp3) is 0.857. The van der Waals surface area contributed by atoms with E-state index >= 15 is 0 Å². The van der Waals surface area contributed by atoms with Crippen molar-refractivity contribution in [2.24, 2.45) is 11.7 Å². The highest BCUT2D eigenvalue weighted by molar-refractivity contribution is 5.85. The van der Waals surface area contributed by atoms with Crippen LogP contribution in [0.15, 0.2) is 0 Å². The van der Waals surface area contributed by atoms with Crippen molar-refractivity contribution in [3.63, 3.8) is 0 Å². The lowest BCUT2D eigenvalue weighted by atomic mass is 9.84. The molecule has 0 heterocycles. The first-order valence-electron chi connectivity index (χ1n) is 3.77. The van der Waals surface area contributed by atoms with Gasteiger partial charge in [-0.2, -0.15) is 0 Å². The van der Waals surface area contributed by atoms with E-state index in [9.17, 15) is 4.79 Å². The Bertz CT molecular complexity index is 165. The Hall–Kier alpha value is -0.320. The molecule has 1 saturated carbocycles. The first-order valence-corrected chi connectivity index (χ1v) is 3.77. The van der Waals surface area contributed by atoms with Gasteiger partial charge in [-0.25, -0.2) is 0 Å². The quantitative estimate of drug-likeness (QED) is 0.549. The summed E-state index contributed by atoms with van der Waals surface area (Å²) in [5, 5.41) is 17.8. The van der Waals surface area contributed by atoms with Gasteiger partial charge in [0.1, 0.15) is 0 Å².